The van der Waals surface area contributed by atoms with Gasteiger partial charge < -0.3 is 9.84 Å². The summed E-state index contributed by atoms with van der Waals surface area (Å²) in [6, 6.07) is 7.82. The molecule has 1 atom stereocenters. The largest absolute Gasteiger partial charge is 0.468 e. The van der Waals surface area contributed by atoms with Gasteiger partial charge in [0.15, 0.2) is 5.75 Å². The number of benzene rings is 1. The number of carbonyl (C=O) groups is 1. The molecule has 7 heteroatoms. The van der Waals surface area contributed by atoms with Gasteiger partial charge in [0.1, 0.15) is 0 Å². The number of methoxy groups -OCH3 is 1. The van der Waals surface area contributed by atoms with Gasteiger partial charge in [0, 0.05) is 0 Å². The van der Waals surface area contributed by atoms with E-state index in [0.717, 1.165) is 7.11 Å². The lowest BCUT2D eigenvalue weighted by Crippen LogP contribution is -2.35. The van der Waals surface area contributed by atoms with Crippen molar-refractivity contribution in [3.05, 3.63) is 35.9 Å². The van der Waals surface area contributed by atoms with E-state index in [1.165, 1.54) is 0 Å². The quantitative estimate of drug-likeness (QED) is 0.701. The first-order chi connectivity index (χ1) is 8.48. The summed E-state index contributed by atoms with van der Waals surface area (Å²) in [5.41, 5.74) is 0.619. The van der Waals surface area contributed by atoms with E-state index in [4.69, 9.17) is 0 Å². The molecule has 18 heavy (non-hydrogen) atoms. The molecule has 0 fully saturated rings. The number of esters is 1. The number of carbonyl (C=O) groups excluding carboxylic acids is 1. The van der Waals surface area contributed by atoms with Gasteiger partial charge in [-0.3, -0.25) is 4.79 Å². The van der Waals surface area contributed by atoms with Gasteiger partial charge in [-0.2, -0.15) is 0 Å². The van der Waals surface area contributed by atoms with Crippen LogP contribution in [0.4, 0.5) is 0 Å². The third-order valence-electron chi connectivity index (χ3n) is 2.24. The molecule has 0 aliphatic heterocycles. The number of rotatable bonds is 6. The van der Waals surface area contributed by atoms with Crippen molar-refractivity contribution in [3.8, 4) is 0 Å². The zero-order valence-corrected chi connectivity index (χ0v) is 10.7. The average molecular weight is 273 g/mol. The number of ether oxygens (including phenoxy) is 1. The van der Waals surface area contributed by atoms with E-state index in [1.807, 2.05) is 0 Å². The maximum absolute atomic E-state index is 11.6. The van der Waals surface area contributed by atoms with Crippen LogP contribution >= 0.6 is 0 Å². The van der Waals surface area contributed by atoms with Crippen LogP contribution in [-0.2, 0) is 19.6 Å². The Bertz CT molecular complexity index is 485. The van der Waals surface area contributed by atoms with Crippen molar-refractivity contribution < 1.29 is 23.1 Å². The first kappa shape index (κ1) is 14.6. The Hall–Kier alpha value is -1.44. The Morgan fingerprint density at radius 3 is 2.50 bits per heavy atom. The minimum Gasteiger partial charge on any atom is -0.468 e. The Morgan fingerprint density at radius 1 is 1.39 bits per heavy atom. The molecule has 0 aliphatic carbocycles. The molecule has 1 aromatic rings. The zero-order chi connectivity index (χ0) is 13.6. The maximum Gasteiger partial charge on any atom is 0.322 e. The molecule has 0 heterocycles. The summed E-state index contributed by atoms with van der Waals surface area (Å²) in [7, 11) is -2.73. The molecule has 0 spiro atoms. The van der Waals surface area contributed by atoms with Gasteiger partial charge >= 0.3 is 5.97 Å². The van der Waals surface area contributed by atoms with Crippen molar-refractivity contribution in [3.63, 3.8) is 0 Å². The van der Waals surface area contributed by atoms with Crippen LogP contribution in [0.2, 0.25) is 0 Å². The van der Waals surface area contributed by atoms with E-state index in [-0.39, 0.29) is 0 Å². The van der Waals surface area contributed by atoms with Crippen LogP contribution in [-0.4, -0.2) is 39.0 Å². The molecule has 2 N–H and O–H groups in total. The third kappa shape index (κ3) is 4.44. The highest BCUT2D eigenvalue weighted by atomic mass is 32.2. The standard InChI is InChI=1S/C11H15NO5S/c1-17-11(14)8-18(15,16)12-10(7-13)9-5-3-2-4-6-9/h2-6,10,12-13H,7-8H2,1H3/t10-/m0/s1. The van der Waals surface area contributed by atoms with Crippen LogP contribution in [0.5, 0.6) is 0 Å². The number of sulfonamides is 1. The molecule has 100 valence electrons. The predicted molar refractivity (Wildman–Crippen MR) is 65.2 cm³/mol. The molecule has 0 aromatic heterocycles. The Labute approximate surface area is 106 Å². The molecule has 0 saturated heterocycles. The van der Waals surface area contributed by atoms with Crippen molar-refractivity contribution in [1.82, 2.24) is 4.72 Å². The molecular formula is C11H15NO5S. The summed E-state index contributed by atoms with van der Waals surface area (Å²) in [6.07, 6.45) is 0. The molecule has 0 aliphatic rings. The van der Waals surface area contributed by atoms with Crippen LogP contribution in [0.1, 0.15) is 11.6 Å². The topological polar surface area (TPSA) is 92.7 Å². The molecule has 0 radical (unpaired) electrons. The summed E-state index contributed by atoms with van der Waals surface area (Å²) in [5.74, 6) is -1.63. The predicted octanol–water partition coefficient (Wildman–Crippen LogP) is -0.188. The maximum atomic E-state index is 11.6. The first-order valence-corrected chi connectivity index (χ1v) is 6.86. The Balaban J connectivity index is 2.78. The second kappa shape index (κ2) is 6.48. The van der Waals surface area contributed by atoms with E-state index >= 15 is 0 Å². The molecule has 1 rings (SSSR count). The van der Waals surface area contributed by atoms with Gasteiger partial charge in [0.25, 0.3) is 0 Å². The van der Waals surface area contributed by atoms with E-state index in [0.29, 0.717) is 5.56 Å². The molecule has 6 nitrogen and oxygen atoms in total. The van der Waals surface area contributed by atoms with Gasteiger partial charge in [-0.25, -0.2) is 13.1 Å². The molecule has 0 bridgehead atoms. The summed E-state index contributed by atoms with van der Waals surface area (Å²) in [4.78, 5) is 10.9. The van der Waals surface area contributed by atoms with E-state index in [9.17, 15) is 18.3 Å². The third-order valence-corrected chi connectivity index (χ3v) is 3.50. The van der Waals surface area contributed by atoms with Crippen LogP contribution in [0, 0.1) is 0 Å². The Morgan fingerprint density at radius 2 is 2.00 bits per heavy atom. The minimum absolute atomic E-state index is 0.398. The van der Waals surface area contributed by atoms with Crippen molar-refractivity contribution >= 4 is 16.0 Å². The van der Waals surface area contributed by atoms with Crippen LogP contribution < -0.4 is 4.72 Å². The van der Waals surface area contributed by atoms with E-state index in [1.54, 1.807) is 30.3 Å². The van der Waals surface area contributed by atoms with Crippen LogP contribution in [0.3, 0.4) is 0 Å². The number of hydrogen-bond donors (Lipinski definition) is 2. The van der Waals surface area contributed by atoms with Crippen molar-refractivity contribution in [2.45, 2.75) is 6.04 Å². The van der Waals surface area contributed by atoms with Crippen molar-refractivity contribution in [2.24, 2.45) is 0 Å². The fourth-order valence-corrected chi connectivity index (χ4v) is 2.52. The number of aliphatic hydroxyl groups excluding tert-OH is 1. The smallest absolute Gasteiger partial charge is 0.322 e. The lowest BCUT2D eigenvalue weighted by molar-refractivity contribution is -0.137. The number of nitrogens with one attached hydrogen (secondary N) is 1. The van der Waals surface area contributed by atoms with Gasteiger partial charge in [0.2, 0.25) is 10.0 Å². The summed E-state index contributed by atoms with van der Waals surface area (Å²) in [6.45, 7) is -0.398. The molecule has 1 aromatic carbocycles. The highest BCUT2D eigenvalue weighted by molar-refractivity contribution is 7.90. The second-order valence-electron chi connectivity index (χ2n) is 3.60. The fraction of sp³-hybridized carbons (Fsp3) is 0.364. The number of aliphatic hydroxyl groups is 1. The van der Waals surface area contributed by atoms with Crippen LogP contribution in [0.15, 0.2) is 30.3 Å². The molecule has 0 amide bonds. The van der Waals surface area contributed by atoms with Crippen molar-refractivity contribution in [1.29, 1.82) is 0 Å². The molecular weight excluding hydrogens is 258 g/mol. The second-order valence-corrected chi connectivity index (χ2v) is 5.35. The highest BCUT2D eigenvalue weighted by Crippen LogP contribution is 2.12. The SMILES string of the molecule is COC(=O)CS(=O)(=O)N[C@@H](CO)c1ccccc1. The molecule has 0 saturated carbocycles. The lowest BCUT2D eigenvalue weighted by atomic mass is 10.1. The lowest BCUT2D eigenvalue weighted by Gasteiger charge is -2.16. The zero-order valence-electron chi connectivity index (χ0n) is 9.87. The van der Waals surface area contributed by atoms with Gasteiger partial charge in [-0.05, 0) is 5.56 Å². The Kier molecular flexibility index (Phi) is 5.26. The fourth-order valence-electron chi connectivity index (χ4n) is 1.37. The highest BCUT2D eigenvalue weighted by Gasteiger charge is 2.22. The van der Waals surface area contributed by atoms with Crippen LogP contribution in [0.25, 0.3) is 0 Å². The minimum atomic E-state index is -3.84. The van der Waals surface area contributed by atoms with E-state index in [2.05, 4.69) is 9.46 Å². The summed E-state index contributed by atoms with van der Waals surface area (Å²) < 4.78 is 29.8. The van der Waals surface area contributed by atoms with Gasteiger partial charge in [-0.1, -0.05) is 30.3 Å². The summed E-state index contributed by atoms with van der Waals surface area (Å²) in [5, 5.41) is 9.19. The average Bonchev–Trinajstić information content (AvgIpc) is 2.36. The normalized spacial score (nSPS) is 13.0. The van der Waals surface area contributed by atoms with Crippen molar-refractivity contribution in [2.75, 3.05) is 19.5 Å². The van der Waals surface area contributed by atoms with Gasteiger partial charge in [-0.15, -0.1) is 0 Å². The molecule has 0 unspecified atom stereocenters. The monoisotopic (exact) mass is 273 g/mol. The van der Waals surface area contributed by atoms with Gasteiger partial charge in [0.05, 0.1) is 19.8 Å². The first-order valence-electron chi connectivity index (χ1n) is 5.21. The summed E-state index contributed by atoms with van der Waals surface area (Å²) >= 11 is 0. The van der Waals surface area contributed by atoms with E-state index < -0.39 is 34.4 Å². The number of hydrogen-bond acceptors (Lipinski definition) is 5.